The van der Waals surface area contributed by atoms with Crippen molar-refractivity contribution in [3.05, 3.63) is 22.4 Å². The van der Waals surface area contributed by atoms with Crippen LogP contribution >= 0.6 is 0 Å². The molecule has 1 aromatic heterocycles. The van der Waals surface area contributed by atoms with Gasteiger partial charge < -0.3 is 10.1 Å². The van der Waals surface area contributed by atoms with Crippen LogP contribution in [0.3, 0.4) is 0 Å². The molecule has 0 radical (unpaired) electrons. The largest absolute Gasteiger partial charge is 0.381 e. The topological polar surface area (TPSA) is 51.9 Å². The van der Waals surface area contributed by atoms with Gasteiger partial charge in [-0.15, -0.1) is 0 Å². The van der Waals surface area contributed by atoms with Crippen LogP contribution in [0.25, 0.3) is 0 Å². The van der Waals surface area contributed by atoms with Gasteiger partial charge in [-0.25, -0.2) is 0 Å². The molecule has 1 aromatic rings. The Hall–Kier alpha value is -1.39. The number of hydrogen-bond donors (Lipinski definition) is 0. The predicted octanol–water partition coefficient (Wildman–Crippen LogP) is -0.242. The Bertz CT molecular complexity index is 266. The maximum Gasteiger partial charge on any atom is 0.381 e. The van der Waals surface area contributed by atoms with Gasteiger partial charge in [-0.3, -0.25) is 0 Å². The van der Waals surface area contributed by atoms with Gasteiger partial charge in [0, 0.05) is 0 Å². The maximum atomic E-state index is 10.2. The van der Waals surface area contributed by atoms with Crippen molar-refractivity contribution in [3.8, 4) is 0 Å². The lowest BCUT2D eigenvalue weighted by Gasteiger charge is -1.88. The molecule has 5 heteroatoms. The third-order valence-corrected chi connectivity index (χ3v) is 1.43. The van der Waals surface area contributed by atoms with Gasteiger partial charge in [0.2, 0.25) is 6.20 Å². The molecule has 1 heterocycles. The summed E-state index contributed by atoms with van der Waals surface area (Å²) in [6.07, 6.45) is 1.64. The van der Waals surface area contributed by atoms with Gasteiger partial charge in [0.25, 0.3) is 0 Å². The Labute approximate surface area is 57.6 Å². The summed E-state index contributed by atoms with van der Waals surface area (Å²) >= 11 is 0. The quantitative estimate of drug-likeness (QED) is 0.308. The standard InChI is InChI=1S/C5H8N3O2/c1-6-4-3-5(7(6)2)8(9)10/h3-4H,1-2H3/q+1. The molecule has 5 nitrogen and oxygen atoms in total. The van der Waals surface area contributed by atoms with Crippen LogP contribution in [-0.2, 0) is 14.1 Å². The van der Waals surface area contributed by atoms with Gasteiger partial charge in [0.05, 0.1) is 0 Å². The van der Waals surface area contributed by atoms with Crippen LogP contribution in [-0.4, -0.2) is 9.61 Å². The van der Waals surface area contributed by atoms with E-state index in [0.29, 0.717) is 0 Å². The third kappa shape index (κ3) is 0.854. The van der Waals surface area contributed by atoms with E-state index in [-0.39, 0.29) is 5.82 Å². The van der Waals surface area contributed by atoms with Gasteiger partial charge in [-0.2, -0.15) is 0 Å². The molecule has 0 saturated heterocycles. The normalized spacial score (nSPS) is 9.80. The fraction of sp³-hybridized carbons (Fsp3) is 0.400. The smallest absolute Gasteiger partial charge is 0.358 e. The van der Waals surface area contributed by atoms with E-state index in [1.165, 1.54) is 10.7 Å². The van der Waals surface area contributed by atoms with Gasteiger partial charge in [-0.05, 0) is 14.3 Å². The number of nitrogens with zero attached hydrogens (tertiary/aromatic N) is 3. The molecule has 0 aliphatic rings. The molecule has 1 rings (SSSR count). The zero-order valence-electron chi connectivity index (χ0n) is 5.81. The lowest BCUT2D eigenvalue weighted by molar-refractivity contribution is -0.754. The second-order valence-electron chi connectivity index (χ2n) is 2.03. The minimum absolute atomic E-state index is 0.0995. The van der Waals surface area contributed by atoms with E-state index in [0.717, 1.165) is 0 Å². The average molecular weight is 142 g/mol. The van der Waals surface area contributed by atoms with Crippen LogP contribution in [0.1, 0.15) is 0 Å². The SMILES string of the molecule is Cn1c([N+](=O)[O-])cc[n+]1C. The van der Waals surface area contributed by atoms with E-state index in [9.17, 15) is 10.1 Å². The van der Waals surface area contributed by atoms with Gasteiger partial charge >= 0.3 is 5.82 Å². The monoisotopic (exact) mass is 142 g/mol. The highest BCUT2D eigenvalue weighted by molar-refractivity contribution is 5.12. The summed E-state index contributed by atoms with van der Waals surface area (Å²) < 4.78 is 3.10. The zero-order valence-corrected chi connectivity index (χ0v) is 5.81. The Morgan fingerprint density at radius 1 is 1.80 bits per heavy atom. The van der Waals surface area contributed by atoms with Crippen molar-refractivity contribution in [2.75, 3.05) is 0 Å². The number of aromatic nitrogens is 2. The molecular weight excluding hydrogens is 134 g/mol. The number of rotatable bonds is 1. The van der Waals surface area contributed by atoms with Crippen LogP contribution in [0.4, 0.5) is 5.82 Å². The first-order valence-corrected chi connectivity index (χ1v) is 2.79. The number of nitro groups is 1. The van der Waals surface area contributed by atoms with Gasteiger partial charge in [-0.1, -0.05) is 0 Å². The van der Waals surface area contributed by atoms with E-state index >= 15 is 0 Å². The van der Waals surface area contributed by atoms with Crippen molar-refractivity contribution < 1.29 is 9.61 Å². The van der Waals surface area contributed by atoms with Crippen LogP contribution in [0.5, 0.6) is 0 Å². The van der Waals surface area contributed by atoms with Crippen molar-refractivity contribution in [2.45, 2.75) is 0 Å². The van der Waals surface area contributed by atoms with E-state index < -0.39 is 4.92 Å². The number of aryl methyl sites for hydroxylation is 1. The number of hydrogen-bond acceptors (Lipinski definition) is 2. The lowest BCUT2D eigenvalue weighted by atomic mass is 10.6. The second-order valence-corrected chi connectivity index (χ2v) is 2.03. The molecule has 0 bridgehead atoms. The summed E-state index contributed by atoms with van der Waals surface area (Å²) in [4.78, 5) is 9.79. The molecule has 0 aromatic carbocycles. The Morgan fingerprint density at radius 2 is 2.40 bits per heavy atom. The summed E-state index contributed by atoms with van der Waals surface area (Å²) in [5.74, 6) is 0.0995. The van der Waals surface area contributed by atoms with Crippen LogP contribution in [0, 0.1) is 10.1 Å². The Balaban J connectivity index is 3.17. The molecule has 10 heavy (non-hydrogen) atoms. The third-order valence-electron chi connectivity index (χ3n) is 1.43. The molecule has 54 valence electrons. The van der Waals surface area contributed by atoms with Crippen LogP contribution in [0.2, 0.25) is 0 Å². The first-order valence-electron chi connectivity index (χ1n) is 2.79. The van der Waals surface area contributed by atoms with Gasteiger partial charge in [0.1, 0.15) is 13.1 Å². The predicted molar refractivity (Wildman–Crippen MR) is 33.2 cm³/mol. The average Bonchev–Trinajstić information content (AvgIpc) is 2.14. The Kier molecular flexibility index (Phi) is 1.41. The molecule has 0 N–H and O–H groups in total. The molecule has 0 fully saturated rings. The summed E-state index contributed by atoms with van der Waals surface area (Å²) in [5, 5.41) is 10.2. The van der Waals surface area contributed by atoms with Crippen molar-refractivity contribution >= 4 is 5.82 Å². The molecule has 0 unspecified atom stereocenters. The van der Waals surface area contributed by atoms with Crippen molar-refractivity contribution in [3.63, 3.8) is 0 Å². The second kappa shape index (κ2) is 2.09. The summed E-state index contributed by atoms with van der Waals surface area (Å²) in [7, 11) is 3.38. The fourth-order valence-electron chi connectivity index (χ4n) is 0.723. The molecular formula is C5H8N3O2+. The van der Waals surface area contributed by atoms with Crippen molar-refractivity contribution in [1.82, 2.24) is 4.68 Å². The first-order chi connectivity index (χ1) is 4.63. The molecule has 0 amide bonds. The first kappa shape index (κ1) is 6.73. The van der Waals surface area contributed by atoms with E-state index in [4.69, 9.17) is 0 Å². The molecule has 0 atom stereocenters. The molecule has 0 spiro atoms. The fourth-order valence-corrected chi connectivity index (χ4v) is 0.723. The van der Waals surface area contributed by atoms with Crippen molar-refractivity contribution in [1.29, 1.82) is 0 Å². The van der Waals surface area contributed by atoms with E-state index in [2.05, 4.69) is 0 Å². The highest BCUT2D eigenvalue weighted by Gasteiger charge is 2.16. The molecule has 0 aliphatic heterocycles. The summed E-state index contributed by atoms with van der Waals surface area (Å²) in [5.41, 5.74) is 0. The van der Waals surface area contributed by atoms with E-state index in [1.54, 1.807) is 25.0 Å². The van der Waals surface area contributed by atoms with Crippen LogP contribution < -0.4 is 4.68 Å². The van der Waals surface area contributed by atoms with Crippen molar-refractivity contribution in [2.24, 2.45) is 14.1 Å². The Morgan fingerprint density at radius 3 is 2.60 bits per heavy atom. The zero-order chi connectivity index (χ0) is 7.72. The summed E-state index contributed by atoms with van der Waals surface area (Å²) in [6, 6.07) is 1.46. The highest BCUT2D eigenvalue weighted by Crippen LogP contribution is 2.03. The molecule has 0 aliphatic carbocycles. The lowest BCUT2D eigenvalue weighted by Crippen LogP contribution is -2.36. The van der Waals surface area contributed by atoms with E-state index in [1.807, 2.05) is 0 Å². The minimum Gasteiger partial charge on any atom is -0.358 e. The van der Waals surface area contributed by atoms with Crippen LogP contribution in [0.15, 0.2) is 12.3 Å². The minimum atomic E-state index is -0.417. The highest BCUT2D eigenvalue weighted by atomic mass is 16.6. The maximum absolute atomic E-state index is 10.2. The summed E-state index contributed by atoms with van der Waals surface area (Å²) in [6.45, 7) is 0. The molecule has 0 saturated carbocycles. The van der Waals surface area contributed by atoms with Gasteiger partial charge in [0.15, 0.2) is 7.05 Å².